The van der Waals surface area contributed by atoms with E-state index in [2.05, 4.69) is 6.92 Å². The summed E-state index contributed by atoms with van der Waals surface area (Å²) >= 11 is 5.80. The minimum Gasteiger partial charge on any atom is -0.258 e. The van der Waals surface area contributed by atoms with Crippen LogP contribution in [0, 0.1) is 17.0 Å². The number of nitro benzene ring substituents is 1. The van der Waals surface area contributed by atoms with Crippen LogP contribution >= 0.6 is 11.6 Å². The second-order valence-corrected chi connectivity index (χ2v) is 4.46. The number of benzene rings is 2. The molecule has 0 atom stereocenters. The Hall–Kier alpha value is -1.87. The lowest BCUT2D eigenvalue weighted by atomic mass is 10.0. The number of hydrogen-bond acceptors (Lipinski definition) is 2. The molecule has 0 N–H and O–H groups in total. The van der Waals surface area contributed by atoms with Crippen LogP contribution in [0.1, 0.15) is 16.7 Å². The van der Waals surface area contributed by atoms with Crippen molar-refractivity contribution in [1.82, 2.24) is 0 Å². The van der Waals surface area contributed by atoms with Crippen LogP contribution in [0.5, 0.6) is 0 Å². The molecule has 0 fully saturated rings. The highest BCUT2D eigenvalue weighted by atomic mass is 35.5. The molecule has 0 aliphatic carbocycles. The molecule has 0 amide bonds. The van der Waals surface area contributed by atoms with Crippen molar-refractivity contribution in [3.63, 3.8) is 0 Å². The standard InChI is InChI=1S/C14H11ClNO2/c1-10-2-5-12(14(8-10)16(17)18)9-11-3-6-13(15)7-4-11/h2-8H,1,9H2. The third-order valence-electron chi connectivity index (χ3n) is 2.65. The Morgan fingerprint density at radius 2 is 1.83 bits per heavy atom. The van der Waals surface area contributed by atoms with Gasteiger partial charge in [0.2, 0.25) is 0 Å². The normalized spacial score (nSPS) is 10.3. The Morgan fingerprint density at radius 3 is 2.44 bits per heavy atom. The molecule has 0 saturated heterocycles. The minimum absolute atomic E-state index is 0.109. The zero-order valence-electron chi connectivity index (χ0n) is 9.60. The van der Waals surface area contributed by atoms with Gasteiger partial charge in [-0.1, -0.05) is 35.9 Å². The van der Waals surface area contributed by atoms with Crippen LogP contribution in [0.4, 0.5) is 5.69 Å². The lowest BCUT2D eigenvalue weighted by Crippen LogP contribution is -1.97. The lowest BCUT2D eigenvalue weighted by molar-refractivity contribution is -0.385. The fraction of sp³-hybridized carbons (Fsp3) is 0.0714. The predicted octanol–water partition coefficient (Wildman–Crippen LogP) is 4.02. The maximum absolute atomic E-state index is 11.0. The molecule has 3 nitrogen and oxygen atoms in total. The van der Waals surface area contributed by atoms with E-state index in [-0.39, 0.29) is 10.6 Å². The molecule has 4 heteroatoms. The molecule has 18 heavy (non-hydrogen) atoms. The van der Waals surface area contributed by atoms with Crippen molar-refractivity contribution in [2.24, 2.45) is 0 Å². The van der Waals surface area contributed by atoms with E-state index in [9.17, 15) is 10.1 Å². The molecule has 2 aromatic carbocycles. The predicted molar refractivity (Wildman–Crippen MR) is 71.8 cm³/mol. The number of rotatable bonds is 3. The van der Waals surface area contributed by atoms with Crippen molar-refractivity contribution >= 4 is 17.3 Å². The molecule has 0 aliphatic rings. The lowest BCUT2D eigenvalue weighted by Gasteiger charge is -2.04. The summed E-state index contributed by atoms with van der Waals surface area (Å²) in [6, 6.07) is 12.3. The van der Waals surface area contributed by atoms with Gasteiger partial charge in [0.25, 0.3) is 5.69 Å². The number of nitro groups is 1. The average molecular weight is 261 g/mol. The highest BCUT2D eigenvalue weighted by Gasteiger charge is 2.13. The summed E-state index contributed by atoms with van der Waals surface area (Å²) in [4.78, 5) is 10.6. The van der Waals surface area contributed by atoms with Gasteiger partial charge in [-0.15, -0.1) is 0 Å². The summed E-state index contributed by atoms with van der Waals surface area (Å²) in [5.74, 6) is 0. The fourth-order valence-corrected chi connectivity index (χ4v) is 1.88. The van der Waals surface area contributed by atoms with Crippen LogP contribution in [0.15, 0.2) is 42.5 Å². The monoisotopic (exact) mass is 260 g/mol. The highest BCUT2D eigenvalue weighted by Crippen LogP contribution is 2.23. The molecule has 2 aromatic rings. The molecular weight excluding hydrogens is 250 g/mol. The average Bonchev–Trinajstić information content (AvgIpc) is 2.34. The van der Waals surface area contributed by atoms with E-state index in [0.717, 1.165) is 5.56 Å². The quantitative estimate of drug-likeness (QED) is 0.618. The van der Waals surface area contributed by atoms with Gasteiger partial charge in [-0.3, -0.25) is 10.1 Å². The summed E-state index contributed by atoms with van der Waals surface area (Å²) in [6.45, 7) is 3.70. The van der Waals surface area contributed by atoms with E-state index < -0.39 is 0 Å². The summed E-state index contributed by atoms with van der Waals surface area (Å²) in [5, 5.41) is 11.6. The topological polar surface area (TPSA) is 43.1 Å². The third kappa shape index (κ3) is 2.87. The van der Waals surface area contributed by atoms with Crippen LogP contribution in [-0.4, -0.2) is 4.92 Å². The van der Waals surface area contributed by atoms with E-state index in [1.54, 1.807) is 24.3 Å². The minimum atomic E-state index is -0.375. The van der Waals surface area contributed by atoms with Gasteiger partial charge in [-0.2, -0.15) is 0 Å². The zero-order chi connectivity index (χ0) is 13.1. The molecule has 91 valence electrons. The molecule has 0 saturated carbocycles. The Balaban J connectivity index is 2.34. The van der Waals surface area contributed by atoms with Crippen LogP contribution in [-0.2, 0) is 6.42 Å². The molecule has 2 rings (SSSR count). The van der Waals surface area contributed by atoms with Crippen LogP contribution in [0.25, 0.3) is 0 Å². The van der Waals surface area contributed by atoms with Gasteiger partial charge in [0.05, 0.1) is 4.92 Å². The number of hydrogen-bond donors (Lipinski definition) is 0. The van der Waals surface area contributed by atoms with Gasteiger partial charge in [-0.05, 0) is 30.2 Å². The van der Waals surface area contributed by atoms with Crippen molar-refractivity contribution in [3.05, 3.63) is 81.2 Å². The van der Waals surface area contributed by atoms with Gasteiger partial charge in [0.1, 0.15) is 0 Å². The van der Waals surface area contributed by atoms with Gasteiger partial charge in [0, 0.05) is 23.1 Å². The Labute approximate surface area is 110 Å². The van der Waals surface area contributed by atoms with Gasteiger partial charge < -0.3 is 0 Å². The summed E-state index contributed by atoms with van der Waals surface area (Å²) in [7, 11) is 0. The van der Waals surface area contributed by atoms with Crippen molar-refractivity contribution < 1.29 is 4.92 Å². The summed E-state index contributed by atoms with van der Waals surface area (Å²) in [5.41, 5.74) is 2.41. The molecule has 1 radical (unpaired) electrons. The number of nitrogens with zero attached hydrogens (tertiary/aromatic N) is 1. The van der Waals surface area contributed by atoms with E-state index in [1.165, 1.54) is 6.07 Å². The van der Waals surface area contributed by atoms with Gasteiger partial charge in [-0.25, -0.2) is 0 Å². The smallest absolute Gasteiger partial charge is 0.258 e. The van der Waals surface area contributed by atoms with Crippen LogP contribution in [0.3, 0.4) is 0 Å². The zero-order valence-corrected chi connectivity index (χ0v) is 10.4. The van der Waals surface area contributed by atoms with E-state index >= 15 is 0 Å². The molecule has 0 aliphatic heterocycles. The highest BCUT2D eigenvalue weighted by molar-refractivity contribution is 6.30. The first-order chi connectivity index (χ1) is 8.56. The Bertz CT molecular complexity index is 579. The fourth-order valence-electron chi connectivity index (χ4n) is 1.75. The molecule has 0 heterocycles. The Kier molecular flexibility index (Phi) is 3.63. The van der Waals surface area contributed by atoms with E-state index in [1.807, 2.05) is 12.1 Å². The second kappa shape index (κ2) is 5.19. The third-order valence-corrected chi connectivity index (χ3v) is 2.91. The second-order valence-electron chi connectivity index (χ2n) is 4.02. The van der Waals surface area contributed by atoms with Crippen molar-refractivity contribution in [2.75, 3.05) is 0 Å². The van der Waals surface area contributed by atoms with Gasteiger partial charge >= 0.3 is 0 Å². The first kappa shape index (κ1) is 12.6. The molecule has 0 aromatic heterocycles. The van der Waals surface area contributed by atoms with E-state index in [0.29, 0.717) is 22.6 Å². The van der Waals surface area contributed by atoms with Crippen LogP contribution in [0.2, 0.25) is 5.02 Å². The largest absolute Gasteiger partial charge is 0.273 e. The van der Waals surface area contributed by atoms with Crippen LogP contribution < -0.4 is 0 Å². The van der Waals surface area contributed by atoms with Gasteiger partial charge in [0.15, 0.2) is 0 Å². The molecule has 0 unspecified atom stereocenters. The van der Waals surface area contributed by atoms with Crippen molar-refractivity contribution in [3.8, 4) is 0 Å². The number of halogens is 1. The molecular formula is C14H11ClNO2. The SMILES string of the molecule is [CH2]c1ccc(Cc2ccc(Cl)cc2)c([N+](=O)[O-])c1. The molecule has 0 spiro atoms. The van der Waals surface area contributed by atoms with Crippen molar-refractivity contribution in [2.45, 2.75) is 6.42 Å². The first-order valence-electron chi connectivity index (χ1n) is 5.40. The van der Waals surface area contributed by atoms with Crippen molar-refractivity contribution in [1.29, 1.82) is 0 Å². The Morgan fingerprint density at radius 1 is 1.17 bits per heavy atom. The maximum Gasteiger partial charge on any atom is 0.273 e. The maximum atomic E-state index is 11.0. The summed E-state index contributed by atoms with van der Waals surface area (Å²) < 4.78 is 0. The first-order valence-corrected chi connectivity index (χ1v) is 5.78. The summed E-state index contributed by atoms with van der Waals surface area (Å²) in [6.07, 6.45) is 0.508. The molecule has 0 bridgehead atoms. The van der Waals surface area contributed by atoms with E-state index in [4.69, 9.17) is 11.6 Å².